The van der Waals surface area contributed by atoms with Crippen molar-refractivity contribution in [2.24, 2.45) is 5.92 Å². The van der Waals surface area contributed by atoms with E-state index in [-0.39, 0.29) is 6.10 Å². The van der Waals surface area contributed by atoms with Gasteiger partial charge in [-0.05, 0) is 18.9 Å². The molecule has 0 aromatic rings. The van der Waals surface area contributed by atoms with Crippen molar-refractivity contribution in [1.29, 1.82) is 0 Å². The molecule has 0 spiro atoms. The van der Waals surface area contributed by atoms with Crippen molar-refractivity contribution >= 4 is 6.09 Å². The Hall–Kier alpha value is -0.810. The fourth-order valence-electron chi connectivity index (χ4n) is 1.79. The second-order valence-electron chi connectivity index (χ2n) is 3.33. The van der Waals surface area contributed by atoms with Crippen LogP contribution < -0.4 is 5.32 Å². The fourth-order valence-corrected chi connectivity index (χ4v) is 1.79. The van der Waals surface area contributed by atoms with Crippen LogP contribution in [0, 0.1) is 5.92 Å². The zero-order valence-corrected chi connectivity index (χ0v) is 6.69. The molecule has 2 heterocycles. The highest BCUT2D eigenvalue weighted by molar-refractivity contribution is 5.63. The minimum absolute atomic E-state index is 0.0496. The van der Waals surface area contributed by atoms with E-state index in [9.17, 15) is 4.79 Å². The van der Waals surface area contributed by atoms with Crippen molar-refractivity contribution in [2.45, 2.75) is 12.5 Å². The predicted molar refractivity (Wildman–Crippen MR) is 40.6 cm³/mol. The Bertz CT molecular complexity index is 185. The van der Waals surface area contributed by atoms with Gasteiger partial charge in [-0.1, -0.05) is 0 Å². The normalized spacial score (nSPS) is 34.8. The van der Waals surface area contributed by atoms with Gasteiger partial charge in [-0.3, -0.25) is 4.84 Å². The SMILES string of the molecule is O=C(O)N1CC2CNCC(C2)O1. The number of rotatable bonds is 0. The monoisotopic (exact) mass is 172 g/mol. The van der Waals surface area contributed by atoms with Gasteiger partial charge in [0, 0.05) is 6.54 Å². The Morgan fingerprint density at radius 2 is 2.42 bits per heavy atom. The third-order valence-electron chi connectivity index (χ3n) is 2.31. The molecule has 2 N–H and O–H groups in total. The van der Waals surface area contributed by atoms with Crippen LogP contribution in [0.25, 0.3) is 0 Å². The zero-order valence-electron chi connectivity index (χ0n) is 6.69. The van der Waals surface area contributed by atoms with E-state index < -0.39 is 6.09 Å². The number of piperidine rings is 1. The molecule has 2 saturated heterocycles. The first-order valence-corrected chi connectivity index (χ1v) is 4.13. The molecule has 0 aliphatic carbocycles. The van der Waals surface area contributed by atoms with Gasteiger partial charge in [0.1, 0.15) is 0 Å². The Labute approximate surface area is 70.3 Å². The summed E-state index contributed by atoms with van der Waals surface area (Å²) < 4.78 is 0. The molecule has 2 aliphatic rings. The number of nitrogens with zero attached hydrogens (tertiary/aromatic N) is 1. The molecule has 5 nitrogen and oxygen atoms in total. The van der Waals surface area contributed by atoms with Crippen LogP contribution in [0.1, 0.15) is 6.42 Å². The molecule has 2 fully saturated rings. The standard InChI is InChI=1S/C7H12N2O3/c10-7(11)9-4-5-1-6(12-9)3-8-2-5/h5-6,8H,1-4H2,(H,10,11). The van der Waals surface area contributed by atoms with E-state index >= 15 is 0 Å². The number of fused-ring (bicyclic) bond motifs is 2. The molecule has 12 heavy (non-hydrogen) atoms. The number of nitrogens with one attached hydrogen (secondary N) is 1. The van der Waals surface area contributed by atoms with Gasteiger partial charge in [-0.2, -0.15) is 5.06 Å². The summed E-state index contributed by atoms with van der Waals surface area (Å²) in [6, 6.07) is 0. The molecular weight excluding hydrogens is 160 g/mol. The Kier molecular flexibility index (Phi) is 1.90. The van der Waals surface area contributed by atoms with Crippen molar-refractivity contribution in [3.8, 4) is 0 Å². The molecule has 2 bridgehead atoms. The number of hydroxylamine groups is 2. The van der Waals surface area contributed by atoms with E-state index in [2.05, 4.69) is 5.32 Å². The third kappa shape index (κ3) is 1.37. The van der Waals surface area contributed by atoms with Crippen LogP contribution in [0.5, 0.6) is 0 Å². The first kappa shape index (κ1) is 7.82. The number of carbonyl (C=O) groups is 1. The second kappa shape index (κ2) is 2.91. The Morgan fingerprint density at radius 1 is 1.58 bits per heavy atom. The molecule has 0 radical (unpaired) electrons. The summed E-state index contributed by atoms with van der Waals surface area (Å²) in [6.07, 6.45) is 0.0525. The molecule has 2 aliphatic heterocycles. The fraction of sp³-hybridized carbons (Fsp3) is 0.857. The first-order chi connectivity index (χ1) is 5.75. The highest BCUT2D eigenvalue weighted by Gasteiger charge is 2.33. The summed E-state index contributed by atoms with van der Waals surface area (Å²) >= 11 is 0. The maximum absolute atomic E-state index is 10.6. The lowest BCUT2D eigenvalue weighted by molar-refractivity contribution is -0.214. The van der Waals surface area contributed by atoms with E-state index in [1.165, 1.54) is 0 Å². The minimum Gasteiger partial charge on any atom is -0.463 e. The quantitative estimate of drug-likeness (QED) is 0.535. The van der Waals surface area contributed by atoms with Crippen LogP contribution in [0.4, 0.5) is 4.79 Å². The van der Waals surface area contributed by atoms with E-state index in [1.807, 2.05) is 0 Å². The number of hydrogen-bond acceptors (Lipinski definition) is 3. The number of amides is 1. The van der Waals surface area contributed by atoms with Gasteiger partial charge < -0.3 is 10.4 Å². The molecule has 5 heteroatoms. The maximum Gasteiger partial charge on any atom is 0.431 e. The predicted octanol–water partition coefficient (Wildman–Crippen LogP) is -0.110. The molecule has 2 rings (SSSR count). The number of carboxylic acid groups (broad SMARTS) is 1. The molecule has 68 valence electrons. The van der Waals surface area contributed by atoms with Gasteiger partial charge in [-0.15, -0.1) is 0 Å². The summed E-state index contributed by atoms with van der Waals surface area (Å²) in [7, 11) is 0. The Balaban J connectivity index is 2.00. The molecule has 0 aromatic carbocycles. The minimum atomic E-state index is -0.980. The zero-order chi connectivity index (χ0) is 8.55. The van der Waals surface area contributed by atoms with Crippen molar-refractivity contribution in [2.75, 3.05) is 19.6 Å². The summed E-state index contributed by atoms with van der Waals surface area (Å²) in [5, 5.41) is 12.9. The van der Waals surface area contributed by atoms with Crippen molar-refractivity contribution in [3.05, 3.63) is 0 Å². The van der Waals surface area contributed by atoms with E-state index in [4.69, 9.17) is 9.94 Å². The molecular formula is C7H12N2O3. The topological polar surface area (TPSA) is 61.8 Å². The highest BCUT2D eigenvalue weighted by Crippen LogP contribution is 2.21. The van der Waals surface area contributed by atoms with Gasteiger partial charge in [-0.25, -0.2) is 4.79 Å². The van der Waals surface area contributed by atoms with Crippen LogP contribution in [0.15, 0.2) is 0 Å². The smallest absolute Gasteiger partial charge is 0.431 e. The van der Waals surface area contributed by atoms with Crippen LogP contribution >= 0.6 is 0 Å². The summed E-state index contributed by atoms with van der Waals surface area (Å²) in [4.78, 5) is 15.8. The van der Waals surface area contributed by atoms with Crippen molar-refractivity contribution in [1.82, 2.24) is 10.4 Å². The second-order valence-corrected chi connectivity index (χ2v) is 3.33. The average molecular weight is 172 g/mol. The lowest BCUT2D eigenvalue weighted by atomic mass is 9.96. The first-order valence-electron chi connectivity index (χ1n) is 4.13. The molecule has 1 amide bonds. The van der Waals surface area contributed by atoms with Gasteiger partial charge >= 0.3 is 6.09 Å². The van der Waals surface area contributed by atoms with Crippen LogP contribution in [-0.4, -0.2) is 42.0 Å². The largest absolute Gasteiger partial charge is 0.463 e. The lowest BCUT2D eigenvalue weighted by Gasteiger charge is -2.39. The maximum atomic E-state index is 10.6. The molecule has 0 saturated carbocycles. The molecule has 0 aromatic heterocycles. The van der Waals surface area contributed by atoms with Crippen LogP contribution in [0.2, 0.25) is 0 Å². The van der Waals surface area contributed by atoms with E-state index in [1.54, 1.807) is 0 Å². The summed E-state index contributed by atoms with van der Waals surface area (Å²) in [5.41, 5.74) is 0. The third-order valence-corrected chi connectivity index (χ3v) is 2.31. The van der Waals surface area contributed by atoms with Crippen LogP contribution in [0.3, 0.4) is 0 Å². The summed E-state index contributed by atoms with van der Waals surface area (Å²) in [5.74, 6) is 0.425. The number of hydrogen-bond donors (Lipinski definition) is 2. The average Bonchev–Trinajstić information content (AvgIpc) is 2.03. The van der Waals surface area contributed by atoms with E-state index in [0.717, 1.165) is 24.6 Å². The van der Waals surface area contributed by atoms with Gasteiger partial charge in [0.2, 0.25) is 0 Å². The van der Waals surface area contributed by atoms with Crippen LogP contribution in [-0.2, 0) is 4.84 Å². The van der Waals surface area contributed by atoms with Crippen molar-refractivity contribution < 1.29 is 14.7 Å². The molecule has 2 unspecified atom stereocenters. The van der Waals surface area contributed by atoms with Crippen molar-refractivity contribution in [3.63, 3.8) is 0 Å². The van der Waals surface area contributed by atoms with E-state index in [0.29, 0.717) is 12.5 Å². The Morgan fingerprint density at radius 3 is 3.08 bits per heavy atom. The lowest BCUT2D eigenvalue weighted by Crippen LogP contribution is -2.53. The molecule has 2 atom stereocenters. The van der Waals surface area contributed by atoms with Gasteiger partial charge in [0.15, 0.2) is 0 Å². The van der Waals surface area contributed by atoms with Gasteiger partial charge in [0.05, 0.1) is 12.6 Å². The highest BCUT2D eigenvalue weighted by atomic mass is 16.7. The summed E-state index contributed by atoms with van der Waals surface area (Å²) in [6.45, 7) is 2.17. The van der Waals surface area contributed by atoms with Gasteiger partial charge in [0.25, 0.3) is 0 Å².